The van der Waals surface area contributed by atoms with Crippen LogP contribution in [0.4, 0.5) is 5.82 Å². The molecule has 1 rings (SSSR count). The third-order valence-electron chi connectivity index (χ3n) is 1.62. The number of aliphatic hydroxyl groups excluding tert-OH is 1. The van der Waals surface area contributed by atoms with Crippen molar-refractivity contribution in [3.8, 4) is 0 Å². The molecule has 0 bridgehead atoms. The van der Waals surface area contributed by atoms with Crippen molar-refractivity contribution in [2.24, 2.45) is 0 Å². The molecular formula is C8H12N2O. The van der Waals surface area contributed by atoms with Crippen LogP contribution < -0.4 is 5.73 Å². The van der Waals surface area contributed by atoms with Gasteiger partial charge in [-0.2, -0.15) is 0 Å². The molecule has 0 aliphatic carbocycles. The number of nitrogens with two attached hydrogens (primary N) is 1. The lowest BCUT2D eigenvalue weighted by Gasteiger charge is -2.05. The molecule has 11 heavy (non-hydrogen) atoms. The molecule has 3 heteroatoms. The van der Waals surface area contributed by atoms with Crippen LogP contribution in [-0.4, -0.2) is 10.1 Å². The largest absolute Gasteiger partial charge is 0.389 e. The lowest BCUT2D eigenvalue weighted by atomic mass is 10.1. The van der Waals surface area contributed by atoms with Crippen LogP contribution >= 0.6 is 0 Å². The zero-order valence-electron chi connectivity index (χ0n) is 6.70. The van der Waals surface area contributed by atoms with Crippen molar-refractivity contribution in [2.75, 3.05) is 5.73 Å². The summed E-state index contributed by atoms with van der Waals surface area (Å²) >= 11 is 0. The molecule has 0 saturated heterocycles. The summed E-state index contributed by atoms with van der Waals surface area (Å²) in [5, 5.41) is 9.16. The molecule has 0 saturated carbocycles. The van der Waals surface area contributed by atoms with Gasteiger partial charge in [0.05, 0.1) is 6.10 Å². The van der Waals surface area contributed by atoms with E-state index in [2.05, 4.69) is 4.98 Å². The number of aromatic nitrogens is 1. The average Bonchev–Trinajstić information content (AvgIpc) is 1.94. The Morgan fingerprint density at radius 2 is 2.27 bits per heavy atom. The first-order valence-corrected chi connectivity index (χ1v) is 3.51. The van der Waals surface area contributed by atoms with Gasteiger partial charge in [-0.1, -0.05) is 0 Å². The highest BCUT2D eigenvalue weighted by atomic mass is 16.3. The van der Waals surface area contributed by atoms with Gasteiger partial charge in [-0.3, -0.25) is 0 Å². The number of pyridine rings is 1. The molecule has 0 fully saturated rings. The molecule has 1 heterocycles. The second-order valence-corrected chi connectivity index (χ2v) is 2.65. The third-order valence-corrected chi connectivity index (χ3v) is 1.62. The predicted octanol–water partition coefficient (Wildman–Crippen LogP) is 1.03. The Balaban J connectivity index is 3.05. The number of nitrogens with zero attached hydrogens (tertiary/aromatic N) is 1. The number of aryl methyl sites for hydroxylation is 1. The van der Waals surface area contributed by atoms with E-state index in [1.54, 1.807) is 13.1 Å². The maximum atomic E-state index is 9.16. The van der Waals surface area contributed by atoms with Crippen molar-refractivity contribution in [3.05, 3.63) is 23.4 Å². The molecule has 1 aromatic heterocycles. The maximum Gasteiger partial charge on any atom is 0.126 e. The van der Waals surface area contributed by atoms with E-state index in [9.17, 15) is 0 Å². The van der Waals surface area contributed by atoms with Crippen LogP contribution in [-0.2, 0) is 0 Å². The van der Waals surface area contributed by atoms with Crippen LogP contribution in [0, 0.1) is 6.92 Å². The summed E-state index contributed by atoms with van der Waals surface area (Å²) in [6.07, 6.45) is 1.12. The molecule has 1 aromatic rings. The molecule has 0 radical (unpaired) electrons. The summed E-state index contributed by atoms with van der Waals surface area (Å²) in [5.41, 5.74) is 7.20. The average molecular weight is 152 g/mol. The minimum Gasteiger partial charge on any atom is -0.389 e. The van der Waals surface area contributed by atoms with E-state index in [0.717, 1.165) is 11.1 Å². The van der Waals surface area contributed by atoms with Gasteiger partial charge >= 0.3 is 0 Å². The molecule has 0 spiro atoms. The SMILES string of the molecule is Cc1cc(C(C)O)cnc1N. The van der Waals surface area contributed by atoms with E-state index in [0.29, 0.717) is 5.82 Å². The molecule has 0 aliphatic heterocycles. The Kier molecular flexibility index (Phi) is 2.10. The van der Waals surface area contributed by atoms with Gasteiger partial charge in [0.1, 0.15) is 5.82 Å². The van der Waals surface area contributed by atoms with Crippen molar-refractivity contribution >= 4 is 5.82 Å². The van der Waals surface area contributed by atoms with Crippen molar-refractivity contribution in [3.63, 3.8) is 0 Å². The number of hydrogen-bond acceptors (Lipinski definition) is 3. The van der Waals surface area contributed by atoms with Gasteiger partial charge in [-0.15, -0.1) is 0 Å². The van der Waals surface area contributed by atoms with Crippen LogP contribution in [0.15, 0.2) is 12.3 Å². The molecule has 0 amide bonds. The first-order valence-electron chi connectivity index (χ1n) is 3.51. The van der Waals surface area contributed by atoms with E-state index in [-0.39, 0.29) is 0 Å². The lowest BCUT2D eigenvalue weighted by molar-refractivity contribution is 0.199. The number of hydrogen-bond donors (Lipinski definition) is 2. The van der Waals surface area contributed by atoms with Gasteiger partial charge in [0.2, 0.25) is 0 Å². The van der Waals surface area contributed by atoms with Gasteiger partial charge in [-0.05, 0) is 31.0 Å². The minimum atomic E-state index is -0.471. The van der Waals surface area contributed by atoms with E-state index in [1.165, 1.54) is 0 Å². The van der Waals surface area contributed by atoms with E-state index in [4.69, 9.17) is 10.8 Å². The van der Waals surface area contributed by atoms with Crippen molar-refractivity contribution in [1.29, 1.82) is 0 Å². The number of anilines is 1. The Labute approximate surface area is 65.9 Å². The lowest BCUT2D eigenvalue weighted by Crippen LogP contribution is -1.98. The fourth-order valence-electron chi connectivity index (χ4n) is 0.836. The van der Waals surface area contributed by atoms with Crippen molar-refractivity contribution < 1.29 is 5.11 Å². The van der Waals surface area contributed by atoms with Crippen LogP contribution in [0.1, 0.15) is 24.2 Å². The highest BCUT2D eigenvalue weighted by Gasteiger charge is 2.02. The molecule has 1 unspecified atom stereocenters. The summed E-state index contributed by atoms with van der Waals surface area (Å²) in [4.78, 5) is 3.92. The molecule has 3 nitrogen and oxygen atoms in total. The fourth-order valence-corrected chi connectivity index (χ4v) is 0.836. The number of rotatable bonds is 1. The Morgan fingerprint density at radius 3 is 2.73 bits per heavy atom. The second kappa shape index (κ2) is 2.88. The van der Waals surface area contributed by atoms with Gasteiger partial charge < -0.3 is 10.8 Å². The highest BCUT2D eigenvalue weighted by Crippen LogP contribution is 2.14. The normalized spacial score (nSPS) is 13.0. The van der Waals surface area contributed by atoms with E-state index < -0.39 is 6.10 Å². The number of aliphatic hydroxyl groups is 1. The van der Waals surface area contributed by atoms with Crippen LogP contribution in [0.3, 0.4) is 0 Å². The van der Waals surface area contributed by atoms with Crippen LogP contribution in [0.5, 0.6) is 0 Å². The number of nitrogen functional groups attached to an aromatic ring is 1. The topological polar surface area (TPSA) is 59.1 Å². The first-order chi connectivity index (χ1) is 5.11. The first kappa shape index (κ1) is 8.01. The van der Waals surface area contributed by atoms with Gasteiger partial charge in [-0.25, -0.2) is 4.98 Å². The Morgan fingerprint density at radius 1 is 1.64 bits per heavy atom. The smallest absolute Gasteiger partial charge is 0.126 e. The van der Waals surface area contributed by atoms with Crippen LogP contribution in [0.25, 0.3) is 0 Å². The van der Waals surface area contributed by atoms with Gasteiger partial charge in [0.15, 0.2) is 0 Å². The Bertz CT molecular complexity index is 258. The fraction of sp³-hybridized carbons (Fsp3) is 0.375. The monoisotopic (exact) mass is 152 g/mol. The van der Waals surface area contributed by atoms with Gasteiger partial charge in [0.25, 0.3) is 0 Å². The zero-order valence-corrected chi connectivity index (χ0v) is 6.70. The molecule has 1 atom stereocenters. The summed E-state index contributed by atoms with van der Waals surface area (Å²) < 4.78 is 0. The summed E-state index contributed by atoms with van der Waals surface area (Å²) in [6, 6.07) is 1.84. The quantitative estimate of drug-likeness (QED) is 0.631. The summed E-state index contributed by atoms with van der Waals surface area (Å²) in [5.74, 6) is 0.523. The Hall–Kier alpha value is -1.09. The van der Waals surface area contributed by atoms with E-state index in [1.807, 2.05) is 13.0 Å². The zero-order chi connectivity index (χ0) is 8.43. The highest BCUT2D eigenvalue weighted by molar-refractivity contribution is 5.39. The van der Waals surface area contributed by atoms with Crippen LogP contribution in [0.2, 0.25) is 0 Å². The maximum absolute atomic E-state index is 9.16. The second-order valence-electron chi connectivity index (χ2n) is 2.65. The van der Waals surface area contributed by atoms with Crippen molar-refractivity contribution in [2.45, 2.75) is 20.0 Å². The minimum absolute atomic E-state index is 0.471. The molecule has 0 aromatic carbocycles. The van der Waals surface area contributed by atoms with E-state index >= 15 is 0 Å². The molecule has 60 valence electrons. The summed E-state index contributed by atoms with van der Waals surface area (Å²) in [7, 11) is 0. The predicted molar refractivity (Wildman–Crippen MR) is 44.0 cm³/mol. The molecule has 3 N–H and O–H groups in total. The third kappa shape index (κ3) is 1.68. The molecular weight excluding hydrogens is 140 g/mol. The van der Waals surface area contributed by atoms with Crippen molar-refractivity contribution in [1.82, 2.24) is 4.98 Å². The van der Waals surface area contributed by atoms with Gasteiger partial charge in [0, 0.05) is 6.20 Å². The standard InChI is InChI=1S/C8H12N2O/c1-5-3-7(6(2)11)4-10-8(5)9/h3-4,6,11H,1-2H3,(H2,9,10). The molecule has 0 aliphatic rings. The summed E-state index contributed by atoms with van der Waals surface area (Å²) in [6.45, 7) is 3.57.